The summed E-state index contributed by atoms with van der Waals surface area (Å²) in [6, 6.07) is 6.82. The van der Waals surface area contributed by atoms with Crippen molar-refractivity contribution in [3.05, 3.63) is 40.5 Å². The van der Waals surface area contributed by atoms with E-state index in [-0.39, 0.29) is 10.3 Å². The SMILES string of the molecule is COc1cccc(-c2cc(C(F)(F)F)cc(=S)[nH]2)c1OC. The monoisotopic (exact) mass is 315 g/mol. The van der Waals surface area contributed by atoms with Gasteiger partial charge in [0, 0.05) is 5.56 Å². The highest BCUT2D eigenvalue weighted by molar-refractivity contribution is 7.71. The Bertz CT molecular complexity index is 710. The third-order valence-corrected chi connectivity index (χ3v) is 3.08. The Labute approximate surface area is 124 Å². The van der Waals surface area contributed by atoms with Gasteiger partial charge in [-0.05, 0) is 24.3 Å². The fourth-order valence-electron chi connectivity index (χ4n) is 1.95. The van der Waals surface area contributed by atoms with E-state index in [4.69, 9.17) is 21.7 Å². The average Bonchev–Trinajstić information content (AvgIpc) is 2.44. The van der Waals surface area contributed by atoms with Crippen LogP contribution in [0.5, 0.6) is 11.5 Å². The minimum atomic E-state index is -4.47. The first kappa shape index (κ1) is 15.4. The maximum absolute atomic E-state index is 12.9. The van der Waals surface area contributed by atoms with E-state index in [1.54, 1.807) is 18.2 Å². The largest absolute Gasteiger partial charge is 0.493 e. The van der Waals surface area contributed by atoms with Crippen LogP contribution in [0, 0.1) is 4.64 Å². The molecule has 0 aliphatic carbocycles. The Kier molecular flexibility index (Phi) is 4.22. The van der Waals surface area contributed by atoms with Crippen molar-refractivity contribution < 1.29 is 22.6 Å². The van der Waals surface area contributed by atoms with E-state index in [1.165, 1.54) is 14.2 Å². The predicted molar refractivity (Wildman–Crippen MR) is 75.2 cm³/mol. The molecule has 7 heteroatoms. The normalized spacial score (nSPS) is 11.3. The van der Waals surface area contributed by atoms with Crippen LogP contribution in [0.25, 0.3) is 11.3 Å². The number of aromatic nitrogens is 1. The highest BCUT2D eigenvalue weighted by atomic mass is 32.1. The summed E-state index contributed by atoms with van der Waals surface area (Å²) in [6.45, 7) is 0. The molecule has 3 nitrogen and oxygen atoms in total. The molecule has 1 heterocycles. The van der Waals surface area contributed by atoms with Crippen molar-refractivity contribution >= 4 is 12.2 Å². The number of para-hydroxylation sites is 1. The van der Waals surface area contributed by atoms with Gasteiger partial charge >= 0.3 is 6.18 Å². The molecule has 2 rings (SSSR count). The van der Waals surface area contributed by atoms with Gasteiger partial charge in [0.2, 0.25) is 0 Å². The van der Waals surface area contributed by atoms with Gasteiger partial charge in [0.05, 0.1) is 25.5 Å². The van der Waals surface area contributed by atoms with E-state index in [0.717, 1.165) is 12.1 Å². The number of halogens is 3. The number of benzene rings is 1. The lowest BCUT2D eigenvalue weighted by Gasteiger charge is -2.14. The molecule has 0 aliphatic heterocycles. The van der Waals surface area contributed by atoms with Gasteiger partial charge < -0.3 is 14.5 Å². The van der Waals surface area contributed by atoms with Crippen LogP contribution in [0.15, 0.2) is 30.3 Å². The summed E-state index contributed by atoms with van der Waals surface area (Å²) in [5.74, 6) is 0.761. The van der Waals surface area contributed by atoms with E-state index in [0.29, 0.717) is 17.1 Å². The number of H-pyrrole nitrogens is 1. The number of nitrogens with one attached hydrogen (secondary N) is 1. The third-order valence-electron chi connectivity index (χ3n) is 2.86. The molecular formula is C14H12F3NO2S. The second kappa shape index (κ2) is 5.77. The summed E-state index contributed by atoms with van der Waals surface area (Å²) in [7, 11) is 2.87. The van der Waals surface area contributed by atoms with Crippen molar-refractivity contribution in [2.45, 2.75) is 6.18 Å². The van der Waals surface area contributed by atoms with Crippen LogP contribution in [-0.2, 0) is 6.18 Å². The Morgan fingerprint density at radius 1 is 1.10 bits per heavy atom. The standard InChI is InChI=1S/C14H12F3NO2S/c1-19-11-5-3-4-9(13(11)20-2)10-6-8(14(15,16)17)7-12(21)18-10/h3-7H,1-2H3,(H,18,21). The maximum atomic E-state index is 12.9. The highest BCUT2D eigenvalue weighted by Gasteiger charge is 2.31. The fraction of sp³-hybridized carbons (Fsp3) is 0.214. The summed E-state index contributed by atoms with van der Waals surface area (Å²) in [5, 5.41) is 0. The summed E-state index contributed by atoms with van der Waals surface area (Å²) in [6.07, 6.45) is -4.47. The lowest BCUT2D eigenvalue weighted by atomic mass is 10.1. The molecule has 0 atom stereocenters. The van der Waals surface area contributed by atoms with Crippen molar-refractivity contribution in [3.63, 3.8) is 0 Å². The van der Waals surface area contributed by atoms with Gasteiger partial charge in [0.25, 0.3) is 0 Å². The van der Waals surface area contributed by atoms with Gasteiger partial charge in [-0.2, -0.15) is 13.2 Å². The molecule has 0 saturated heterocycles. The van der Waals surface area contributed by atoms with Crippen molar-refractivity contribution in [1.82, 2.24) is 4.98 Å². The number of pyridine rings is 1. The number of aromatic amines is 1. The van der Waals surface area contributed by atoms with Crippen molar-refractivity contribution in [2.75, 3.05) is 14.2 Å². The molecule has 0 aliphatic rings. The molecule has 21 heavy (non-hydrogen) atoms. The number of alkyl halides is 3. The average molecular weight is 315 g/mol. The van der Waals surface area contributed by atoms with E-state index in [1.807, 2.05) is 0 Å². The van der Waals surface area contributed by atoms with Crippen LogP contribution < -0.4 is 9.47 Å². The van der Waals surface area contributed by atoms with E-state index >= 15 is 0 Å². The highest BCUT2D eigenvalue weighted by Crippen LogP contribution is 2.38. The molecule has 112 valence electrons. The number of hydrogen-bond donors (Lipinski definition) is 1. The second-order valence-corrected chi connectivity index (χ2v) is 4.63. The smallest absolute Gasteiger partial charge is 0.416 e. The molecule has 2 aromatic rings. The van der Waals surface area contributed by atoms with Crippen LogP contribution in [0.2, 0.25) is 0 Å². The molecule has 0 spiro atoms. The van der Waals surface area contributed by atoms with Crippen molar-refractivity contribution in [1.29, 1.82) is 0 Å². The summed E-state index contributed by atoms with van der Waals surface area (Å²) < 4.78 is 49.0. The zero-order valence-electron chi connectivity index (χ0n) is 11.2. The topological polar surface area (TPSA) is 34.2 Å². The zero-order chi connectivity index (χ0) is 15.6. The van der Waals surface area contributed by atoms with Crippen LogP contribution in [0.1, 0.15) is 5.56 Å². The van der Waals surface area contributed by atoms with E-state index < -0.39 is 11.7 Å². The summed E-state index contributed by atoms with van der Waals surface area (Å²) >= 11 is 4.87. The van der Waals surface area contributed by atoms with Crippen molar-refractivity contribution in [2.24, 2.45) is 0 Å². The predicted octanol–water partition coefficient (Wildman–Crippen LogP) is 4.45. The minimum Gasteiger partial charge on any atom is -0.493 e. The van der Waals surface area contributed by atoms with Gasteiger partial charge in [-0.25, -0.2) is 0 Å². The summed E-state index contributed by atoms with van der Waals surface area (Å²) in [5.41, 5.74) is -0.161. The number of rotatable bonds is 3. The Hall–Kier alpha value is -2.02. The summed E-state index contributed by atoms with van der Waals surface area (Å²) in [4.78, 5) is 2.74. The molecule has 0 bridgehead atoms. The van der Waals surface area contributed by atoms with Gasteiger partial charge in [-0.15, -0.1) is 0 Å². The first-order valence-corrected chi connectivity index (χ1v) is 6.30. The maximum Gasteiger partial charge on any atom is 0.416 e. The van der Waals surface area contributed by atoms with Crippen molar-refractivity contribution in [3.8, 4) is 22.8 Å². The molecular weight excluding hydrogens is 303 g/mol. The molecule has 1 aromatic carbocycles. The number of hydrogen-bond acceptors (Lipinski definition) is 3. The molecule has 0 unspecified atom stereocenters. The first-order valence-electron chi connectivity index (χ1n) is 5.89. The molecule has 0 fully saturated rings. The lowest BCUT2D eigenvalue weighted by molar-refractivity contribution is -0.137. The van der Waals surface area contributed by atoms with Crippen LogP contribution in [0.3, 0.4) is 0 Å². The zero-order valence-corrected chi connectivity index (χ0v) is 12.1. The van der Waals surface area contributed by atoms with Crippen LogP contribution in [0.4, 0.5) is 13.2 Å². The first-order chi connectivity index (χ1) is 9.86. The van der Waals surface area contributed by atoms with Gasteiger partial charge in [0.1, 0.15) is 4.64 Å². The quantitative estimate of drug-likeness (QED) is 0.850. The third kappa shape index (κ3) is 3.18. The number of ether oxygens (including phenoxy) is 2. The van der Waals surface area contributed by atoms with E-state index in [9.17, 15) is 13.2 Å². The fourth-order valence-corrected chi connectivity index (χ4v) is 2.19. The van der Waals surface area contributed by atoms with Crippen LogP contribution >= 0.6 is 12.2 Å². The Morgan fingerprint density at radius 3 is 2.38 bits per heavy atom. The Morgan fingerprint density at radius 2 is 1.81 bits per heavy atom. The number of methoxy groups -OCH3 is 2. The molecule has 1 aromatic heterocycles. The Balaban J connectivity index is 2.68. The second-order valence-electron chi connectivity index (χ2n) is 4.19. The van der Waals surface area contributed by atoms with Gasteiger partial charge in [0.15, 0.2) is 11.5 Å². The van der Waals surface area contributed by atoms with E-state index in [2.05, 4.69) is 4.98 Å². The molecule has 0 radical (unpaired) electrons. The minimum absolute atomic E-state index is 0.00954. The lowest BCUT2D eigenvalue weighted by Crippen LogP contribution is -2.06. The van der Waals surface area contributed by atoms with Crippen LogP contribution in [-0.4, -0.2) is 19.2 Å². The molecule has 1 N–H and O–H groups in total. The van der Waals surface area contributed by atoms with Gasteiger partial charge in [-0.1, -0.05) is 18.3 Å². The molecule has 0 amide bonds. The van der Waals surface area contributed by atoms with Gasteiger partial charge in [-0.3, -0.25) is 0 Å². The molecule has 0 saturated carbocycles.